The minimum Gasteiger partial charge on any atom is -0.508 e. The Labute approximate surface area is 272 Å². The lowest BCUT2D eigenvalue weighted by Gasteiger charge is -2.16. The molecule has 0 saturated heterocycles. The van der Waals surface area contributed by atoms with Crippen molar-refractivity contribution in [2.45, 2.75) is 25.7 Å². The third kappa shape index (κ3) is 9.33. The molecular formula is C36H38N2O9. The number of amides is 2. The van der Waals surface area contributed by atoms with E-state index >= 15 is 0 Å². The summed E-state index contributed by atoms with van der Waals surface area (Å²) in [4.78, 5) is 26.5. The number of nitrogens with one attached hydrogen (secondary N) is 2. The van der Waals surface area contributed by atoms with Crippen LogP contribution in [0.4, 0.5) is 0 Å². The number of rotatable bonds is 14. The number of carbonyl (C=O) groups is 2. The minimum atomic E-state index is -0.500. The highest BCUT2D eigenvalue weighted by Gasteiger charge is 2.20. The summed E-state index contributed by atoms with van der Waals surface area (Å²) in [6, 6.07) is 18.9. The first-order valence-corrected chi connectivity index (χ1v) is 14.9. The van der Waals surface area contributed by atoms with Crippen molar-refractivity contribution in [1.82, 2.24) is 10.6 Å². The zero-order chi connectivity index (χ0) is 33.9. The molecule has 0 aliphatic carbocycles. The second kappa shape index (κ2) is 15.9. The monoisotopic (exact) mass is 642 g/mol. The largest absolute Gasteiger partial charge is 0.508 e. The van der Waals surface area contributed by atoms with Crippen LogP contribution < -0.4 is 20.1 Å². The number of methoxy groups -OCH3 is 2. The maximum absolute atomic E-state index is 13.8. The molecule has 11 heteroatoms. The quantitative estimate of drug-likeness (QED) is 0.0596. The summed E-state index contributed by atoms with van der Waals surface area (Å²) in [5, 5.41) is 56.0. The molecule has 0 saturated carbocycles. The van der Waals surface area contributed by atoms with Crippen LogP contribution in [-0.2, 0) is 28.9 Å². The van der Waals surface area contributed by atoms with Gasteiger partial charge in [-0.3, -0.25) is 9.59 Å². The molecule has 0 aliphatic rings. The number of hydrogen-bond donors (Lipinski definition) is 7. The van der Waals surface area contributed by atoms with E-state index in [4.69, 9.17) is 9.47 Å². The maximum Gasteiger partial charge on any atom is 0.251 e. The van der Waals surface area contributed by atoms with Gasteiger partial charge in [-0.1, -0.05) is 24.3 Å². The van der Waals surface area contributed by atoms with Gasteiger partial charge in [0.1, 0.15) is 11.5 Å². The molecule has 4 aromatic rings. The number of benzene rings is 4. The molecule has 0 bridgehead atoms. The lowest BCUT2D eigenvalue weighted by molar-refractivity contribution is -0.121. The summed E-state index contributed by atoms with van der Waals surface area (Å²) in [5.41, 5.74) is 3.11. The van der Waals surface area contributed by atoms with Gasteiger partial charge in [0.25, 0.3) is 5.91 Å². The van der Waals surface area contributed by atoms with Crippen molar-refractivity contribution >= 4 is 23.5 Å². The lowest BCUT2D eigenvalue weighted by Crippen LogP contribution is -2.27. The number of ether oxygens (including phenoxy) is 2. The van der Waals surface area contributed by atoms with Crippen LogP contribution in [0.25, 0.3) is 11.6 Å². The van der Waals surface area contributed by atoms with Gasteiger partial charge in [-0.05, 0) is 102 Å². The first-order valence-electron chi connectivity index (χ1n) is 14.9. The van der Waals surface area contributed by atoms with E-state index in [1.54, 1.807) is 48.5 Å². The smallest absolute Gasteiger partial charge is 0.251 e. The fourth-order valence-electron chi connectivity index (χ4n) is 4.93. The zero-order valence-electron chi connectivity index (χ0n) is 26.1. The van der Waals surface area contributed by atoms with Crippen LogP contribution in [0.5, 0.6) is 40.2 Å². The lowest BCUT2D eigenvalue weighted by atomic mass is 9.93. The predicted molar refractivity (Wildman–Crippen MR) is 177 cm³/mol. The molecular weight excluding hydrogens is 604 g/mol. The van der Waals surface area contributed by atoms with E-state index in [-0.39, 0.29) is 65.2 Å². The molecule has 4 aromatic carbocycles. The van der Waals surface area contributed by atoms with Crippen LogP contribution in [0.15, 0.2) is 72.8 Å². The minimum absolute atomic E-state index is 0.0312. The highest BCUT2D eigenvalue weighted by Crippen LogP contribution is 2.39. The molecule has 4 rings (SSSR count). The molecule has 0 unspecified atom stereocenters. The van der Waals surface area contributed by atoms with Gasteiger partial charge < -0.3 is 45.6 Å². The van der Waals surface area contributed by atoms with Gasteiger partial charge in [0, 0.05) is 25.1 Å². The molecule has 2 amide bonds. The molecule has 0 radical (unpaired) electrons. The van der Waals surface area contributed by atoms with Gasteiger partial charge in [-0.2, -0.15) is 0 Å². The number of aromatic hydroxyl groups is 5. The maximum atomic E-state index is 13.8. The molecule has 246 valence electrons. The summed E-state index contributed by atoms with van der Waals surface area (Å²) in [6.45, 7) is 0.613. The molecule has 47 heavy (non-hydrogen) atoms. The van der Waals surface area contributed by atoms with Crippen molar-refractivity contribution in [2.24, 2.45) is 0 Å². The average Bonchev–Trinajstić information content (AvgIpc) is 3.06. The number of aryl methyl sites for hydroxylation is 1. The fourth-order valence-corrected chi connectivity index (χ4v) is 4.93. The Bertz CT molecular complexity index is 1710. The second-order valence-corrected chi connectivity index (χ2v) is 10.8. The van der Waals surface area contributed by atoms with Gasteiger partial charge in [-0.15, -0.1) is 0 Å². The van der Waals surface area contributed by atoms with Crippen molar-refractivity contribution in [1.29, 1.82) is 0 Å². The Kier molecular flexibility index (Phi) is 11.5. The molecule has 0 aliphatic heterocycles. The Morgan fingerprint density at radius 1 is 0.681 bits per heavy atom. The van der Waals surface area contributed by atoms with E-state index in [0.29, 0.717) is 30.5 Å². The second-order valence-electron chi connectivity index (χ2n) is 10.8. The van der Waals surface area contributed by atoms with Crippen molar-refractivity contribution < 1.29 is 44.6 Å². The van der Waals surface area contributed by atoms with Gasteiger partial charge in [-0.25, -0.2) is 0 Å². The van der Waals surface area contributed by atoms with E-state index in [1.807, 2.05) is 0 Å². The van der Waals surface area contributed by atoms with E-state index in [9.17, 15) is 35.1 Å². The Balaban J connectivity index is 1.61. The van der Waals surface area contributed by atoms with Crippen molar-refractivity contribution in [3.8, 4) is 40.2 Å². The van der Waals surface area contributed by atoms with E-state index in [0.717, 1.165) is 11.1 Å². The Morgan fingerprint density at radius 3 is 1.72 bits per heavy atom. The summed E-state index contributed by atoms with van der Waals surface area (Å²) in [7, 11) is 2.76. The number of phenols is 5. The molecule has 0 atom stereocenters. The summed E-state index contributed by atoms with van der Waals surface area (Å²) >= 11 is 0. The van der Waals surface area contributed by atoms with Crippen LogP contribution >= 0.6 is 0 Å². The number of carbonyl (C=O) groups excluding carboxylic acids is 2. The van der Waals surface area contributed by atoms with E-state index < -0.39 is 17.4 Å². The topological polar surface area (TPSA) is 178 Å². The first-order chi connectivity index (χ1) is 22.6. The highest BCUT2D eigenvalue weighted by molar-refractivity contribution is 6.24. The van der Waals surface area contributed by atoms with Crippen LogP contribution in [0, 0.1) is 0 Å². The molecule has 0 fully saturated rings. The van der Waals surface area contributed by atoms with Crippen LogP contribution in [0.1, 0.15) is 34.2 Å². The van der Waals surface area contributed by atoms with Gasteiger partial charge >= 0.3 is 0 Å². The average molecular weight is 643 g/mol. The standard InChI is InChI=1S/C36H38N2O9/c1-46-32-18-24(19-33(47-2)35(32)44)17-29(36(45)38-16-14-23-5-10-27(40)11-6-23)28-21-31(42)30(41)20-25(28)7-12-34(43)37-15-13-22-3-8-26(39)9-4-22/h3-6,8-11,17-21,39-42,44H,7,12-16H2,1-2H3,(H,37,43)(H,38,45)/b29-17+. The van der Waals surface area contributed by atoms with Crippen molar-refractivity contribution in [3.05, 3.63) is 101 Å². The van der Waals surface area contributed by atoms with E-state index in [2.05, 4.69) is 10.6 Å². The molecule has 11 nitrogen and oxygen atoms in total. The van der Waals surface area contributed by atoms with Gasteiger partial charge in [0.2, 0.25) is 11.7 Å². The first kappa shape index (κ1) is 34.0. The van der Waals surface area contributed by atoms with Gasteiger partial charge in [0.15, 0.2) is 23.0 Å². The molecule has 0 heterocycles. The predicted octanol–water partition coefficient (Wildman–Crippen LogP) is 4.42. The third-order valence-electron chi connectivity index (χ3n) is 7.48. The summed E-state index contributed by atoms with van der Waals surface area (Å²) in [6.07, 6.45) is 2.73. The normalized spacial score (nSPS) is 11.1. The van der Waals surface area contributed by atoms with Crippen LogP contribution in [-0.4, -0.2) is 64.7 Å². The summed E-state index contributed by atoms with van der Waals surface area (Å²) < 4.78 is 10.6. The zero-order valence-corrected chi connectivity index (χ0v) is 26.1. The van der Waals surface area contributed by atoms with E-state index in [1.165, 1.54) is 44.6 Å². The molecule has 0 aromatic heterocycles. The SMILES string of the molecule is COc1cc(/C=C(/C(=O)NCCc2ccc(O)cc2)c2cc(O)c(O)cc2CCC(=O)NCCc2ccc(O)cc2)cc(OC)c1O. The fraction of sp³-hybridized carbons (Fsp3) is 0.222. The summed E-state index contributed by atoms with van der Waals surface area (Å²) in [5.74, 6) is -1.31. The highest BCUT2D eigenvalue weighted by atomic mass is 16.5. The van der Waals surface area contributed by atoms with Crippen molar-refractivity contribution in [3.63, 3.8) is 0 Å². The van der Waals surface area contributed by atoms with Gasteiger partial charge in [0.05, 0.1) is 14.2 Å². The number of phenolic OH excluding ortho intramolecular Hbond substituents is 5. The number of hydrogen-bond acceptors (Lipinski definition) is 9. The van der Waals surface area contributed by atoms with Crippen LogP contribution in [0.3, 0.4) is 0 Å². The van der Waals surface area contributed by atoms with Crippen molar-refractivity contribution in [2.75, 3.05) is 27.3 Å². The molecule has 0 spiro atoms. The van der Waals surface area contributed by atoms with Crippen LogP contribution in [0.2, 0.25) is 0 Å². The third-order valence-corrected chi connectivity index (χ3v) is 7.48. The Morgan fingerprint density at radius 2 is 1.19 bits per heavy atom. The Hall–Kier alpha value is -5.84. The molecule has 7 N–H and O–H groups in total.